The molecule has 0 aromatic heterocycles. The fourth-order valence-corrected chi connectivity index (χ4v) is 5.54. The lowest BCUT2D eigenvalue weighted by atomic mass is 9.85. The van der Waals surface area contributed by atoms with E-state index in [1.165, 1.54) is 0 Å². The Balaban J connectivity index is 1.75. The van der Waals surface area contributed by atoms with Gasteiger partial charge in [0.25, 0.3) is 0 Å². The van der Waals surface area contributed by atoms with Crippen LogP contribution in [0.15, 0.2) is 57.8 Å². The van der Waals surface area contributed by atoms with Crippen LogP contribution in [0, 0.1) is 5.41 Å². The smallest absolute Gasteiger partial charge is 0.243 e. The predicted octanol–water partition coefficient (Wildman–Crippen LogP) is -2.93. The summed E-state index contributed by atoms with van der Waals surface area (Å²) in [5.74, 6) is -3.07. The van der Waals surface area contributed by atoms with Gasteiger partial charge in [-0.15, -0.1) is 0 Å². The Morgan fingerprint density at radius 3 is 1.91 bits per heavy atom. The second-order valence-electron chi connectivity index (χ2n) is 14.1. The highest BCUT2D eigenvalue weighted by molar-refractivity contribution is 5.95. The molecule has 1 aliphatic heterocycles. The van der Waals surface area contributed by atoms with Gasteiger partial charge >= 0.3 is 0 Å². The molecular weight excluding hydrogens is 726 g/mol. The van der Waals surface area contributed by atoms with Gasteiger partial charge in [-0.25, -0.2) is 4.99 Å². The number of carbonyl (C=O) groups is 4. The van der Waals surface area contributed by atoms with E-state index in [0.717, 1.165) is 22.3 Å². The van der Waals surface area contributed by atoms with E-state index in [1.807, 2.05) is 18.2 Å². The molecule has 2 aromatic rings. The second-order valence-corrected chi connectivity index (χ2v) is 14.1. The van der Waals surface area contributed by atoms with E-state index in [0.29, 0.717) is 12.1 Å². The van der Waals surface area contributed by atoms with Crippen LogP contribution in [-0.2, 0) is 54.9 Å². The van der Waals surface area contributed by atoms with Crippen LogP contribution in [-0.4, -0.2) is 72.8 Å². The number of rotatable bonds is 20. The molecule has 0 fully saturated rings. The van der Waals surface area contributed by atoms with Crippen LogP contribution in [0.3, 0.4) is 0 Å². The zero-order chi connectivity index (χ0) is 41.4. The molecule has 1 aliphatic rings. The van der Waals surface area contributed by atoms with E-state index < -0.39 is 47.2 Å². The molecule has 0 aliphatic carbocycles. The first-order valence-corrected chi connectivity index (χ1v) is 17.8. The van der Waals surface area contributed by atoms with Crippen LogP contribution in [0.5, 0.6) is 0 Å². The molecule has 0 spiro atoms. The van der Waals surface area contributed by atoms with Gasteiger partial charge in [-0.3, -0.25) is 24.5 Å². The molecule has 21 heteroatoms. The average Bonchev–Trinajstić information content (AvgIpc) is 3.50. The van der Waals surface area contributed by atoms with Gasteiger partial charge in [-0.05, 0) is 43.5 Å². The molecular formula is C35H55N15O6. The molecule has 21 nitrogen and oxygen atoms in total. The summed E-state index contributed by atoms with van der Waals surface area (Å²) in [6.45, 7) is 5.94. The molecule has 4 amide bonds. The van der Waals surface area contributed by atoms with Gasteiger partial charge in [-0.2, -0.15) is 0 Å². The van der Waals surface area contributed by atoms with Crippen LogP contribution in [0.4, 0.5) is 0 Å². The summed E-state index contributed by atoms with van der Waals surface area (Å²) >= 11 is 0. The van der Waals surface area contributed by atoms with E-state index in [9.17, 15) is 19.2 Å². The van der Waals surface area contributed by atoms with Crippen LogP contribution in [0.25, 0.3) is 0 Å². The maximum atomic E-state index is 13.9. The van der Waals surface area contributed by atoms with Gasteiger partial charge in [0, 0.05) is 25.9 Å². The van der Waals surface area contributed by atoms with E-state index in [2.05, 4.69) is 41.9 Å². The van der Waals surface area contributed by atoms with Crippen LogP contribution in [0.2, 0.25) is 0 Å². The Bertz CT molecular complexity index is 1750. The summed E-state index contributed by atoms with van der Waals surface area (Å²) in [6.07, 6.45) is -0.425. The molecule has 306 valence electrons. The van der Waals surface area contributed by atoms with E-state index in [-0.39, 0.29) is 69.6 Å². The van der Waals surface area contributed by atoms with E-state index >= 15 is 0 Å². The number of amides is 4. The zero-order valence-electron chi connectivity index (χ0n) is 31.8. The number of aliphatic imine (C=N–C) groups is 1. The number of oxime groups is 2. The minimum absolute atomic E-state index is 0.0296. The maximum absolute atomic E-state index is 13.9. The number of guanidine groups is 3. The molecule has 0 saturated heterocycles. The van der Waals surface area contributed by atoms with Gasteiger partial charge in [-0.1, -0.05) is 63.2 Å². The summed E-state index contributed by atoms with van der Waals surface area (Å²) in [4.78, 5) is 68.6. The number of fused-ring (bicyclic) bond motifs is 1. The van der Waals surface area contributed by atoms with Crippen molar-refractivity contribution >= 4 is 41.5 Å². The molecule has 56 heavy (non-hydrogen) atoms. The number of nitrogens with two attached hydrogens (primary N) is 7. The van der Waals surface area contributed by atoms with Crippen molar-refractivity contribution in [1.82, 2.24) is 26.6 Å². The Morgan fingerprint density at radius 1 is 0.768 bits per heavy atom. The maximum Gasteiger partial charge on any atom is 0.243 e. The standard InChI is InChI=1S/C35H55N15O6/c1-35(2,3)27(31(54)47-24(10-12-55-49-33(39)40)29(52)44-17-21-8-9-23-22(14-21)18-43-28(23)36)48-30(53)25(11-13-56-50-34(41)42)46-26(51)15-19-4-6-20(7-5-19)16-45-32(37)38/h4-9,14,24-25,27-28,43H,10-13,15-18,36H2,1-3H3,(H,44,52)(H,46,51)(H,47,54)(H,48,53)(H4,37,38,45)(H4,39,40,49)(H4,41,42,50)/t24-,25-,27+,28?/m0/s1. The Labute approximate surface area is 324 Å². The molecule has 0 bridgehead atoms. The molecule has 3 rings (SSSR count). The monoisotopic (exact) mass is 781 g/mol. The predicted molar refractivity (Wildman–Crippen MR) is 210 cm³/mol. The third-order valence-corrected chi connectivity index (χ3v) is 8.39. The molecule has 4 atom stereocenters. The van der Waals surface area contributed by atoms with E-state index in [1.54, 1.807) is 45.0 Å². The van der Waals surface area contributed by atoms with Crippen molar-refractivity contribution in [2.24, 2.45) is 60.9 Å². The first-order chi connectivity index (χ1) is 26.4. The van der Waals surface area contributed by atoms with Crippen LogP contribution < -0.4 is 66.7 Å². The average molecular weight is 782 g/mol. The minimum Gasteiger partial charge on any atom is -0.393 e. The molecule has 0 radical (unpaired) electrons. The lowest BCUT2D eigenvalue weighted by Crippen LogP contribution is -2.60. The van der Waals surface area contributed by atoms with Crippen molar-refractivity contribution in [2.45, 2.75) is 84.0 Å². The number of benzene rings is 2. The second kappa shape index (κ2) is 20.9. The fraction of sp³-hybridized carbons (Fsp3) is 0.457. The van der Waals surface area contributed by atoms with Gasteiger partial charge in [0.2, 0.25) is 35.5 Å². The molecule has 2 aromatic carbocycles. The quantitative estimate of drug-likeness (QED) is 0.0277. The molecule has 19 N–H and O–H groups in total. The van der Waals surface area contributed by atoms with Crippen molar-refractivity contribution < 1.29 is 28.9 Å². The largest absolute Gasteiger partial charge is 0.393 e. The highest BCUT2D eigenvalue weighted by Crippen LogP contribution is 2.23. The lowest BCUT2D eigenvalue weighted by molar-refractivity contribution is -0.136. The van der Waals surface area contributed by atoms with Crippen LogP contribution >= 0.6 is 0 Å². The fourth-order valence-electron chi connectivity index (χ4n) is 5.54. The normalized spacial score (nSPS) is 14.8. The number of hydrogen-bond acceptors (Lipinski definition) is 11. The third kappa shape index (κ3) is 14.8. The lowest BCUT2D eigenvalue weighted by Gasteiger charge is -2.33. The van der Waals surface area contributed by atoms with Gasteiger partial charge in [0.1, 0.15) is 31.3 Å². The summed E-state index contributed by atoms with van der Waals surface area (Å²) in [5.41, 5.74) is 41.7. The van der Waals surface area contributed by atoms with Gasteiger partial charge < -0.3 is 71.1 Å². The highest BCUT2D eigenvalue weighted by atomic mass is 16.6. The summed E-state index contributed by atoms with van der Waals surface area (Å²) in [5, 5.41) is 21.1. The summed E-state index contributed by atoms with van der Waals surface area (Å²) in [6, 6.07) is 9.23. The van der Waals surface area contributed by atoms with Crippen LogP contribution in [0.1, 0.15) is 67.6 Å². The van der Waals surface area contributed by atoms with Crippen molar-refractivity contribution in [3.05, 3.63) is 70.3 Å². The summed E-state index contributed by atoms with van der Waals surface area (Å²) in [7, 11) is 0. The first-order valence-electron chi connectivity index (χ1n) is 17.8. The SMILES string of the molecule is CC(C)(C)[C@H](NC(=O)[C@H](CCON=C(N)N)NC(=O)Cc1ccc(CN=C(N)N)cc1)C(=O)N[C@@H](CCON=C(N)N)C(=O)NCc1ccc2c(c1)CNC2N. The number of nitrogens with zero attached hydrogens (tertiary/aromatic N) is 3. The van der Waals surface area contributed by atoms with Gasteiger partial charge in [0.05, 0.1) is 19.1 Å². The van der Waals surface area contributed by atoms with Gasteiger partial charge in [0.15, 0.2) is 5.96 Å². The van der Waals surface area contributed by atoms with Crippen molar-refractivity contribution in [2.75, 3.05) is 13.2 Å². The third-order valence-electron chi connectivity index (χ3n) is 8.39. The summed E-state index contributed by atoms with van der Waals surface area (Å²) < 4.78 is 0. The molecule has 1 unspecified atom stereocenters. The van der Waals surface area contributed by atoms with Crippen molar-refractivity contribution in [3.8, 4) is 0 Å². The van der Waals surface area contributed by atoms with Crippen molar-refractivity contribution in [3.63, 3.8) is 0 Å². The number of nitrogens with one attached hydrogen (secondary N) is 5. The number of hydrogen-bond donors (Lipinski definition) is 12. The topological polar surface area (TPSA) is 366 Å². The molecule has 0 saturated carbocycles. The first kappa shape index (κ1) is 44.0. The number of carbonyl (C=O) groups excluding carboxylic acids is 4. The van der Waals surface area contributed by atoms with E-state index in [4.69, 9.17) is 49.8 Å². The molecule has 1 heterocycles. The van der Waals surface area contributed by atoms with Crippen molar-refractivity contribution in [1.29, 1.82) is 0 Å². The Kier molecular flexibility index (Phi) is 16.5. The Morgan fingerprint density at radius 2 is 1.34 bits per heavy atom. The zero-order valence-corrected chi connectivity index (χ0v) is 31.8. The highest BCUT2D eigenvalue weighted by Gasteiger charge is 2.37. The minimum atomic E-state index is -1.19. The Hall–Kier alpha value is -6.35.